The van der Waals surface area contributed by atoms with E-state index in [0.717, 1.165) is 85.7 Å². The van der Waals surface area contributed by atoms with Gasteiger partial charge in [0, 0.05) is 38.8 Å². The molecular formula is C52H86ClN8+3. The highest BCUT2D eigenvalue weighted by molar-refractivity contribution is 5.83. The molecule has 0 spiro atoms. The summed E-state index contributed by atoms with van der Waals surface area (Å²) in [7, 11) is 27.6. The molecule has 338 valence electrons. The maximum absolute atomic E-state index is 5.51. The molecule has 0 aromatic carbocycles. The fourth-order valence-corrected chi connectivity index (χ4v) is 8.75. The molecule has 61 heavy (non-hydrogen) atoms. The van der Waals surface area contributed by atoms with Crippen LogP contribution in [0.3, 0.4) is 0 Å². The molecule has 5 heterocycles. The minimum absolute atomic E-state index is 0. The molecule has 2 N–H and O–H groups in total. The number of hydrogen-bond donors (Lipinski definition) is 2. The van der Waals surface area contributed by atoms with Crippen molar-refractivity contribution in [3.8, 4) is 0 Å². The molecule has 3 aromatic rings. The van der Waals surface area contributed by atoms with Crippen LogP contribution in [0.5, 0.6) is 0 Å². The van der Waals surface area contributed by atoms with Gasteiger partial charge >= 0.3 is 0 Å². The first kappa shape index (κ1) is 50.4. The number of aromatic nitrogens is 4. The van der Waals surface area contributed by atoms with E-state index in [9.17, 15) is 0 Å². The van der Waals surface area contributed by atoms with E-state index in [0.29, 0.717) is 0 Å². The minimum atomic E-state index is 0. The van der Waals surface area contributed by atoms with Gasteiger partial charge in [-0.3, -0.25) is 0 Å². The van der Waals surface area contributed by atoms with Gasteiger partial charge in [-0.25, -0.2) is 9.97 Å². The molecule has 8 bridgehead atoms. The Balaban J connectivity index is 0.00000819. The number of quaternary nitrogens is 4. The zero-order valence-corrected chi connectivity index (χ0v) is 41.6. The van der Waals surface area contributed by atoms with Crippen LogP contribution in [0.15, 0.2) is 24.3 Å². The van der Waals surface area contributed by atoms with Crippen LogP contribution in [0.4, 0.5) is 0 Å². The van der Waals surface area contributed by atoms with Crippen molar-refractivity contribution in [1.29, 1.82) is 0 Å². The van der Waals surface area contributed by atoms with Crippen molar-refractivity contribution in [3.63, 3.8) is 0 Å². The lowest BCUT2D eigenvalue weighted by Gasteiger charge is -2.23. The molecule has 0 atom stereocenters. The fourth-order valence-electron chi connectivity index (χ4n) is 8.75. The molecule has 8 nitrogen and oxygen atoms in total. The Morgan fingerprint density at radius 1 is 0.328 bits per heavy atom. The first-order chi connectivity index (χ1) is 28.2. The highest BCUT2D eigenvalue weighted by atomic mass is 35.5. The fraction of sp³-hybridized carbons (Fsp3) is 0.615. The van der Waals surface area contributed by atoms with Crippen LogP contribution >= 0.6 is 0 Å². The number of hydrogen-bond acceptors (Lipinski definition) is 2. The van der Waals surface area contributed by atoms with Crippen LogP contribution in [0.1, 0.15) is 122 Å². The number of aryl methyl sites for hydroxylation is 3. The van der Waals surface area contributed by atoms with Gasteiger partial charge in [-0.2, -0.15) is 0 Å². The van der Waals surface area contributed by atoms with Gasteiger partial charge < -0.3 is 40.3 Å². The van der Waals surface area contributed by atoms with Gasteiger partial charge in [0.05, 0.1) is 134 Å². The molecule has 9 heteroatoms. The van der Waals surface area contributed by atoms with Gasteiger partial charge in [0.15, 0.2) is 0 Å². The second-order valence-electron chi connectivity index (χ2n) is 22.2. The maximum atomic E-state index is 5.51. The van der Waals surface area contributed by atoms with E-state index >= 15 is 0 Å². The van der Waals surface area contributed by atoms with Gasteiger partial charge in [-0.05, 0) is 157 Å². The van der Waals surface area contributed by atoms with E-state index in [1.165, 1.54) is 128 Å². The number of nitrogens with one attached hydrogen (secondary N) is 2. The van der Waals surface area contributed by atoms with E-state index in [-0.39, 0.29) is 12.4 Å². The summed E-state index contributed by atoms with van der Waals surface area (Å²) >= 11 is 0. The Hall–Kier alpha value is -3.27. The molecule has 0 unspecified atom stereocenters. The Bertz CT molecular complexity index is 1950. The van der Waals surface area contributed by atoms with Crippen molar-refractivity contribution < 1.29 is 30.3 Å². The van der Waals surface area contributed by atoms with E-state index in [1.807, 2.05) is 0 Å². The third kappa shape index (κ3) is 16.7. The minimum Gasteiger partial charge on any atom is -1.00 e. The van der Waals surface area contributed by atoms with Crippen LogP contribution in [-0.2, 0) is 25.7 Å². The Morgan fingerprint density at radius 2 is 0.574 bits per heavy atom. The number of aromatic amines is 2. The summed E-state index contributed by atoms with van der Waals surface area (Å²) in [5, 5.41) is 0. The zero-order valence-electron chi connectivity index (χ0n) is 40.8. The number of nitrogens with zero attached hydrogens (tertiary/aromatic N) is 6. The second-order valence-corrected chi connectivity index (χ2v) is 22.2. The maximum Gasteiger partial charge on any atom is 0.0780 e. The molecule has 0 radical (unpaired) electrons. The zero-order chi connectivity index (χ0) is 43.6. The predicted octanol–water partition coefficient (Wildman–Crippen LogP) is 7.34. The largest absolute Gasteiger partial charge is 1.00 e. The van der Waals surface area contributed by atoms with E-state index in [2.05, 4.69) is 143 Å². The lowest BCUT2D eigenvalue weighted by Crippen LogP contribution is -3.00. The average Bonchev–Trinajstić information content (AvgIpc) is 3.97. The van der Waals surface area contributed by atoms with Crippen LogP contribution in [0.2, 0.25) is 0 Å². The molecule has 3 aromatic heterocycles. The van der Waals surface area contributed by atoms with Crippen molar-refractivity contribution in [1.82, 2.24) is 19.9 Å². The summed E-state index contributed by atoms with van der Waals surface area (Å²) < 4.78 is 4.06. The number of fused-ring (bicyclic) bond motifs is 8. The Morgan fingerprint density at radius 3 is 0.869 bits per heavy atom. The van der Waals surface area contributed by atoms with Crippen molar-refractivity contribution in [2.75, 3.05) is 111 Å². The standard InChI is InChI=1S/C52H86N8.ClH/c1-57(2,3)37-21-13-17-25-41-45-29-31-47(53-45)42(26-18-14-22-38-58(4,5)6)49-33-35-51(55-49)44(28-20-16-24-40-60(10,11)12)52-36-34-50(56-52)43(48-32-30-46(41)54-48)27-19-15-23-39-59(7,8)9;/h29-36,53-54H,13-28,37-40H2,1-12H3;1H/q+4;/p-1. The summed E-state index contributed by atoms with van der Waals surface area (Å²) in [6, 6.07) is 9.35. The highest BCUT2D eigenvalue weighted by Gasteiger charge is 2.18. The lowest BCUT2D eigenvalue weighted by atomic mass is 10.0. The van der Waals surface area contributed by atoms with Crippen molar-refractivity contribution in [2.45, 2.75) is 103 Å². The van der Waals surface area contributed by atoms with Gasteiger partial charge in [0.25, 0.3) is 0 Å². The summed E-state index contributed by atoms with van der Waals surface area (Å²) in [6.45, 7) is 4.79. The molecule has 5 rings (SSSR count). The van der Waals surface area contributed by atoms with Gasteiger partial charge in [0.2, 0.25) is 0 Å². The summed E-state index contributed by atoms with van der Waals surface area (Å²) in [5.41, 5.74) is 14.6. The number of halogens is 1. The Kier molecular flexibility index (Phi) is 18.5. The quantitative estimate of drug-likeness (QED) is 0.0505. The van der Waals surface area contributed by atoms with Gasteiger partial charge in [-0.1, -0.05) is 0 Å². The third-order valence-corrected chi connectivity index (χ3v) is 12.2. The molecule has 2 aliphatic heterocycles. The van der Waals surface area contributed by atoms with Crippen LogP contribution in [0.25, 0.3) is 46.4 Å². The summed E-state index contributed by atoms with van der Waals surface area (Å²) in [6.07, 6.45) is 27.6. The molecule has 0 saturated heterocycles. The molecule has 0 fully saturated rings. The SMILES string of the molecule is C[N+](C)(C)CCCCCc1c2nc(c(CCCCC[N+](C)(C)C)c3ccc([nH]3)c(CCCCC[N+](C)(C)C)c3ccc([nH]3)c(CCCCC[N+](C)(C)C)c3nc1C=C3)C=C2.[Cl-]. The number of unbranched alkanes of at least 4 members (excludes halogenated alkanes) is 8. The molecule has 0 amide bonds. The van der Waals surface area contributed by atoms with E-state index in [4.69, 9.17) is 9.97 Å². The predicted molar refractivity (Wildman–Crippen MR) is 261 cm³/mol. The molecular weight excluding hydrogens is 772 g/mol. The lowest BCUT2D eigenvalue weighted by molar-refractivity contribution is -0.870. The Labute approximate surface area is 378 Å². The first-order valence-electron chi connectivity index (χ1n) is 23.6. The highest BCUT2D eigenvalue weighted by Crippen LogP contribution is 2.30. The molecule has 0 saturated carbocycles. The first-order valence-corrected chi connectivity index (χ1v) is 23.6. The third-order valence-electron chi connectivity index (χ3n) is 12.2. The number of rotatable bonds is 24. The summed E-state index contributed by atoms with van der Waals surface area (Å²) in [4.78, 5) is 19.0. The van der Waals surface area contributed by atoms with Crippen LogP contribution in [-0.4, -0.2) is 149 Å². The van der Waals surface area contributed by atoms with Crippen LogP contribution in [0, 0.1) is 0 Å². The topological polar surface area (TPSA) is 57.4 Å². The van der Waals surface area contributed by atoms with Crippen molar-refractivity contribution in [3.05, 3.63) is 69.3 Å². The number of H-pyrrole nitrogens is 2. The monoisotopic (exact) mass is 858 g/mol. The van der Waals surface area contributed by atoms with Crippen LogP contribution < -0.4 is 12.4 Å². The van der Waals surface area contributed by atoms with Gasteiger partial charge in [-0.15, -0.1) is 0 Å². The smallest absolute Gasteiger partial charge is 0.0780 e. The van der Waals surface area contributed by atoms with Crippen molar-refractivity contribution in [2.24, 2.45) is 0 Å². The second kappa shape index (κ2) is 22.4. The van der Waals surface area contributed by atoms with E-state index < -0.39 is 0 Å². The molecule has 2 aliphatic rings. The molecule has 0 aliphatic carbocycles. The van der Waals surface area contributed by atoms with Gasteiger partial charge in [0.1, 0.15) is 0 Å². The average molecular weight is 859 g/mol. The summed E-state index contributed by atoms with van der Waals surface area (Å²) in [5.74, 6) is 0. The normalized spacial score (nSPS) is 13.3. The van der Waals surface area contributed by atoms with Crippen molar-refractivity contribution >= 4 is 46.4 Å². The van der Waals surface area contributed by atoms with E-state index in [1.54, 1.807) is 0 Å².